The summed E-state index contributed by atoms with van der Waals surface area (Å²) in [5.74, 6) is -1.64. The largest absolute Gasteiger partial charge is 0.480 e. The van der Waals surface area contributed by atoms with Crippen LogP contribution in [0, 0.1) is 0 Å². The first-order valence-electron chi connectivity index (χ1n) is 5.27. The second-order valence-electron chi connectivity index (χ2n) is 4.42. The van der Waals surface area contributed by atoms with Crippen molar-refractivity contribution in [3.63, 3.8) is 0 Å². The van der Waals surface area contributed by atoms with Crippen LogP contribution in [0.25, 0.3) is 0 Å². The van der Waals surface area contributed by atoms with E-state index < -0.39 is 29.5 Å². The van der Waals surface area contributed by atoms with E-state index >= 15 is 0 Å². The van der Waals surface area contributed by atoms with Crippen LogP contribution in [0.2, 0.25) is 0 Å². The number of hydrogen-bond donors (Lipinski definition) is 4. The van der Waals surface area contributed by atoms with E-state index in [0.717, 1.165) is 0 Å². The molecule has 0 aromatic heterocycles. The van der Waals surface area contributed by atoms with Crippen LogP contribution in [-0.2, 0) is 9.59 Å². The fraction of sp³-hybridized carbons (Fsp3) is 0.700. The van der Waals surface area contributed by atoms with Gasteiger partial charge in [-0.15, -0.1) is 0 Å². The lowest BCUT2D eigenvalue weighted by molar-refractivity contribution is -0.139. The Morgan fingerprint density at radius 2 is 1.88 bits per heavy atom. The number of nitrogens with one attached hydrogen (secondary N) is 2. The third-order valence-electron chi connectivity index (χ3n) is 2.08. The van der Waals surface area contributed by atoms with Crippen LogP contribution in [-0.4, -0.2) is 34.6 Å². The van der Waals surface area contributed by atoms with Crippen molar-refractivity contribution in [1.29, 1.82) is 0 Å². The first-order valence-corrected chi connectivity index (χ1v) is 5.27. The molecule has 0 fully saturated rings. The minimum Gasteiger partial charge on any atom is -0.480 e. The summed E-state index contributed by atoms with van der Waals surface area (Å²) in [7, 11) is 0. The SMILES string of the molecule is CC[C@H](NC(=O)NC(C)(C)CC(N)=O)C(=O)O. The van der Waals surface area contributed by atoms with Gasteiger partial charge in [0.05, 0.1) is 0 Å². The van der Waals surface area contributed by atoms with Crippen molar-refractivity contribution >= 4 is 17.9 Å². The Morgan fingerprint density at radius 3 is 2.24 bits per heavy atom. The van der Waals surface area contributed by atoms with Crippen LogP contribution >= 0.6 is 0 Å². The van der Waals surface area contributed by atoms with Gasteiger partial charge < -0.3 is 21.5 Å². The topological polar surface area (TPSA) is 122 Å². The average molecular weight is 245 g/mol. The van der Waals surface area contributed by atoms with Gasteiger partial charge in [-0.3, -0.25) is 4.79 Å². The van der Waals surface area contributed by atoms with Gasteiger partial charge in [0.25, 0.3) is 0 Å². The molecule has 3 amide bonds. The van der Waals surface area contributed by atoms with Gasteiger partial charge in [-0.2, -0.15) is 0 Å². The van der Waals surface area contributed by atoms with E-state index in [2.05, 4.69) is 10.6 Å². The summed E-state index contributed by atoms with van der Waals surface area (Å²) < 4.78 is 0. The van der Waals surface area contributed by atoms with Crippen LogP contribution in [0.15, 0.2) is 0 Å². The van der Waals surface area contributed by atoms with E-state index in [9.17, 15) is 14.4 Å². The van der Waals surface area contributed by atoms with Crippen molar-refractivity contribution < 1.29 is 19.5 Å². The van der Waals surface area contributed by atoms with Crippen LogP contribution < -0.4 is 16.4 Å². The van der Waals surface area contributed by atoms with E-state index in [1.54, 1.807) is 20.8 Å². The Hall–Kier alpha value is -1.79. The standard InChI is InChI=1S/C10H19N3O4/c1-4-6(8(15)16)12-9(17)13-10(2,3)5-7(11)14/h6H,4-5H2,1-3H3,(H2,11,14)(H,15,16)(H2,12,13,17)/t6-/m0/s1. The van der Waals surface area contributed by atoms with Crippen LogP contribution in [0.3, 0.4) is 0 Å². The number of urea groups is 1. The van der Waals surface area contributed by atoms with Gasteiger partial charge in [-0.1, -0.05) is 6.92 Å². The van der Waals surface area contributed by atoms with Gasteiger partial charge in [-0.05, 0) is 20.3 Å². The summed E-state index contributed by atoms with van der Waals surface area (Å²) in [5, 5.41) is 13.5. The zero-order valence-electron chi connectivity index (χ0n) is 10.2. The van der Waals surface area contributed by atoms with E-state index in [4.69, 9.17) is 10.8 Å². The molecule has 0 unspecified atom stereocenters. The highest BCUT2D eigenvalue weighted by molar-refractivity contribution is 5.83. The number of primary amides is 1. The number of carbonyl (C=O) groups is 3. The summed E-state index contributed by atoms with van der Waals surface area (Å²) in [4.78, 5) is 32.9. The molecule has 0 aliphatic rings. The molecule has 0 saturated carbocycles. The smallest absolute Gasteiger partial charge is 0.326 e. The first kappa shape index (κ1) is 15.2. The minimum absolute atomic E-state index is 0.0235. The highest BCUT2D eigenvalue weighted by atomic mass is 16.4. The molecule has 0 aliphatic carbocycles. The molecule has 0 spiro atoms. The lowest BCUT2D eigenvalue weighted by atomic mass is 10.0. The van der Waals surface area contributed by atoms with Crippen molar-refractivity contribution in [3.8, 4) is 0 Å². The molecule has 0 aromatic rings. The van der Waals surface area contributed by atoms with E-state index in [1.165, 1.54) is 0 Å². The number of carboxylic acids is 1. The number of aliphatic carboxylic acids is 1. The van der Waals surface area contributed by atoms with E-state index in [-0.39, 0.29) is 12.8 Å². The number of rotatable bonds is 6. The fourth-order valence-electron chi connectivity index (χ4n) is 1.32. The number of hydrogen-bond acceptors (Lipinski definition) is 3. The molecule has 17 heavy (non-hydrogen) atoms. The summed E-state index contributed by atoms with van der Waals surface area (Å²) in [5.41, 5.74) is 4.21. The normalized spacial score (nSPS) is 12.6. The van der Waals surface area contributed by atoms with Crippen molar-refractivity contribution in [2.45, 2.75) is 45.2 Å². The van der Waals surface area contributed by atoms with Crippen molar-refractivity contribution in [2.24, 2.45) is 5.73 Å². The Labute approximate surface area is 99.7 Å². The van der Waals surface area contributed by atoms with Gasteiger partial charge in [0, 0.05) is 12.0 Å². The Kier molecular flexibility index (Phi) is 5.43. The highest BCUT2D eigenvalue weighted by Crippen LogP contribution is 2.07. The summed E-state index contributed by atoms with van der Waals surface area (Å²) in [6.07, 6.45) is 0.253. The number of nitrogens with two attached hydrogens (primary N) is 1. The third-order valence-corrected chi connectivity index (χ3v) is 2.08. The van der Waals surface area contributed by atoms with Crippen LogP contribution in [0.1, 0.15) is 33.6 Å². The third kappa shape index (κ3) is 6.39. The molecule has 1 atom stereocenters. The molecule has 7 heteroatoms. The maximum Gasteiger partial charge on any atom is 0.326 e. The summed E-state index contributed by atoms with van der Waals surface area (Å²) in [6.45, 7) is 4.89. The van der Waals surface area contributed by atoms with E-state index in [1.807, 2.05) is 0 Å². The fourth-order valence-corrected chi connectivity index (χ4v) is 1.32. The van der Waals surface area contributed by atoms with Gasteiger partial charge in [0.2, 0.25) is 5.91 Å². The van der Waals surface area contributed by atoms with Crippen LogP contribution in [0.5, 0.6) is 0 Å². The van der Waals surface area contributed by atoms with Gasteiger partial charge in [0.1, 0.15) is 6.04 Å². The molecule has 0 saturated heterocycles. The Morgan fingerprint density at radius 1 is 1.35 bits per heavy atom. The number of carboxylic acid groups (broad SMARTS) is 1. The van der Waals surface area contributed by atoms with Gasteiger partial charge >= 0.3 is 12.0 Å². The predicted octanol–water partition coefficient (Wildman–Crippen LogP) is -0.197. The van der Waals surface area contributed by atoms with Gasteiger partial charge in [0.15, 0.2) is 0 Å². The predicted molar refractivity (Wildman–Crippen MR) is 61.3 cm³/mol. The number of amides is 3. The monoisotopic (exact) mass is 245 g/mol. The van der Waals surface area contributed by atoms with E-state index in [0.29, 0.717) is 0 Å². The molecule has 0 bridgehead atoms. The summed E-state index contributed by atoms with van der Waals surface area (Å²) >= 11 is 0. The second-order valence-corrected chi connectivity index (χ2v) is 4.42. The van der Waals surface area contributed by atoms with Crippen molar-refractivity contribution in [2.75, 3.05) is 0 Å². The molecule has 7 nitrogen and oxygen atoms in total. The molecular weight excluding hydrogens is 226 g/mol. The lowest BCUT2D eigenvalue weighted by Gasteiger charge is -2.25. The molecule has 0 heterocycles. The van der Waals surface area contributed by atoms with Gasteiger partial charge in [-0.25, -0.2) is 9.59 Å². The number of carbonyl (C=O) groups excluding carboxylic acids is 2. The molecule has 0 aromatic carbocycles. The molecule has 98 valence electrons. The first-order chi connectivity index (χ1) is 7.68. The molecule has 0 radical (unpaired) electrons. The van der Waals surface area contributed by atoms with Crippen molar-refractivity contribution in [1.82, 2.24) is 10.6 Å². The van der Waals surface area contributed by atoms with Crippen molar-refractivity contribution in [3.05, 3.63) is 0 Å². The van der Waals surface area contributed by atoms with Crippen LogP contribution in [0.4, 0.5) is 4.79 Å². The minimum atomic E-state index is -1.10. The maximum absolute atomic E-state index is 11.5. The molecule has 0 rings (SSSR count). The Balaban J connectivity index is 4.34. The zero-order chi connectivity index (χ0) is 13.6. The molecule has 0 aliphatic heterocycles. The average Bonchev–Trinajstić information content (AvgIpc) is 2.10. The molecule has 5 N–H and O–H groups in total. The second kappa shape index (κ2) is 6.07. The molecular formula is C10H19N3O4. The quantitative estimate of drug-likeness (QED) is 0.517. The maximum atomic E-state index is 11.5. The Bertz CT molecular complexity index is 315. The lowest BCUT2D eigenvalue weighted by Crippen LogP contribution is -2.53. The highest BCUT2D eigenvalue weighted by Gasteiger charge is 2.25. The summed E-state index contributed by atoms with van der Waals surface area (Å²) in [6, 6.07) is -1.58. The zero-order valence-corrected chi connectivity index (χ0v) is 10.2.